The van der Waals surface area contributed by atoms with Crippen molar-refractivity contribution >= 4 is 11.3 Å². The maximum Gasteiger partial charge on any atom is 0.0137 e. The SMILES string of the molecule is CCCCCCCCC(CC)Cc1c(C(C)(C)C)sc(C(C)(C)C)c1CC. The van der Waals surface area contributed by atoms with E-state index >= 15 is 0 Å². The van der Waals surface area contributed by atoms with E-state index in [1.807, 2.05) is 0 Å². The first kappa shape index (κ1) is 24.7. The molecule has 0 saturated heterocycles. The van der Waals surface area contributed by atoms with Gasteiger partial charge in [0, 0.05) is 9.75 Å². The van der Waals surface area contributed by atoms with Crippen molar-refractivity contribution in [2.45, 2.75) is 137 Å². The van der Waals surface area contributed by atoms with Crippen LogP contribution in [0, 0.1) is 5.92 Å². The molecule has 0 saturated carbocycles. The molecule has 1 aromatic heterocycles. The molecular weight excluding hydrogens is 344 g/mol. The predicted molar refractivity (Wildman–Crippen MR) is 127 cm³/mol. The lowest BCUT2D eigenvalue weighted by Gasteiger charge is -2.23. The monoisotopic (exact) mass is 392 g/mol. The summed E-state index contributed by atoms with van der Waals surface area (Å²) in [4.78, 5) is 3.30. The number of unbranched alkanes of at least 4 members (excludes halogenated alkanes) is 5. The van der Waals surface area contributed by atoms with Gasteiger partial charge in [0.2, 0.25) is 0 Å². The second-order valence-electron chi connectivity index (χ2n) is 10.6. The van der Waals surface area contributed by atoms with Gasteiger partial charge in [0.25, 0.3) is 0 Å². The minimum atomic E-state index is 0.256. The Morgan fingerprint density at radius 1 is 0.704 bits per heavy atom. The highest BCUT2D eigenvalue weighted by atomic mass is 32.1. The summed E-state index contributed by atoms with van der Waals surface area (Å²) in [5.41, 5.74) is 3.91. The highest BCUT2D eigenvalue weighted by Crippen LogP contribution is 2.44. The summed E-state index contributed by atoms with van der Waals surface area (Å²) in [6.07, 6.45) is 13.7. The van der Waals surface area contributed by atoms with Crippen LogP contribution in [0.25, 0.3) is 0 Å². The molecule has 1 rings (SSSR count). The fourth-order valence-electron chi connectivity index (χ4n) is 4.25. The minimum Gasteiger partial charge on any atom is -0.144 e. The van der Waals surface area contributed by atoms with E-state index in [9.17, 15) is 0 Å². The molecule has 0 fully saturated rings. The Morgan fingerprint density at radius 2 is 1.22 bits per heavy atom. The standard InChI is InChI=1S/C26H48S/c1-10-13-14-15-16-17-18-20(11-2)19-22-21(12-3)23(25(4,5)6)27-24(22)26(7,8)9/h20H,10-19H2,1-9H3. The average Bonchev–Trinajstić information content (AvgIpc) is 2.95. The fraction of sp³-hybridized carbons (Fsp3) is 0.846. The lowest BCUT2D eigenvalue weighted by molar-refractivity contribution is 0.431. The van der Waals surface area contributed by atoms with Crippen LogP contribution < -0.4 is 0 Å². The predicted octanol–water partition coefficient (Wildman–Crippen LogP) is 9.22. The molecule has 1 atom stereocenters. The zero-order valence-electron chi connectivity index (χ0n) is 20.1. The van der Waals surface area contributed by atoms with Gasteiger partial charge in [0.1, 0.15) is 0 Å². The van der Waals surface area contributed by atoms with Crippen molar-refractivity contribution < 1.29 is 0 Å². The van der Waals surface area contributed by atoms with Crippen LogP contribution in [-0.2, 0) is 23.7 Å². The topological polar surface area (TPSA) is 0 Å². The third-order valence-corrected chi connectivity index (χ3v) is 7.99. The van der Waals surface area contributed by atoms with Crippen LogP contribution in [0.2, 0.25) is 0 Å². The first-order chi connectivity index (χ1) is 12.6. The third-order valence-electron chi connectivity index (χ3n) is 5.87. The van der Waals surface area contributed by atoms with Crippen molar-refractivity contribution in [3.05, 3.63) is 20.9 Å². The Labute approximate surface area is 175 Å². The molecule has 0 aliphatic heterocycles. The van der Waals surface area contributed by atoms with Crippen LogP contribution in [-0.4, -0.2) is 0 Å². The van der Waals surface area contributed by atoms with Crippen molar-refractivity contribution in [3.8, 4) is 0 Å². The van der Waals surface area contributed by atoms with E-state index in [4.69, 9.17) is 0 Å². The van der Waals surface area contributed by atoms with Gasteiger partial charge in [-0.3, -0.25) is 0 Å². The van der Waals surface area contributed by atoms with Crippen LogP contribution in [0.3, 0.4) is 0 Å². The zero-order valence-corrected chi connectivity index (χ0v) is 20.9. The van der Waals surface area contributed by atoms with E-state index in [2.05, 4.69) is 73.7 Å². The molecule has 0 aliphatic carbocycles. The Hall–Kier alpha value is -0.300. The van der Waals surface area contributed by atoms with Gasteiger partial charge in [0.15, 0.2) is 0 Å². The summed E-state index contributed by atoms with van der Waals surface area (Å²) in [5.74, 6) is 0.852. The van der Waals surface area contributed by atoms with Gasteiger partial charge in [-0.1, -0.05) is 114 Å². The molecule has 158 valence electrons. The Balaban J connectivity index is 2.96. The maximum absolute atomic E-state index is 2.41. The molecule has 27 heavy (non-hydrogen) atoms. The highest BCUT2D eigenvalue weighted by molar-refractivity contribution is 7.12. The normalized spacial score (nSPS) is 14.0. The van der Waals surface area contributed by atoms with Gasteiger partial charge in [-0.15, -0.1) is 11.3 Å². The van der Waals surface area contributed by atoms with Crippen LogP contribution >= 0.6 is 11.3 Å². The third kappa shape index (κ3) is 7.56. The molecule has 0 N–H and O–H groups in total. The smallest absolute Gasteiger partial charge is 0.0137 e. The van der Waals surface area contributed by atoms with E-state index < -0.39 is 0 Å². The first-order valence-electron chi connectivity index (χ1n) is 11.7. The van der Waals surface area contributed by atoms with Crippen LogP contribution in [0.15, 0.2) is 0 Å². The molecule has 0 aliphatic rings. The van der Waals surface area contributed by atoms with E-state index in [0.717, 1.165) is 5.92 Å². The van der Waals surface area contributed by atoms with Crippen LogP contribution in [0.5, 0.6) is 0 Å². The molecule has 0 bridgehead atoms. The number of hydrogen-bond donors (Lipinski definition) is 0. The van der Waals surface area contributed by atoms with Gasteiger partial charge in [-0.05, 0) is 40.7 Å². The second-order valence-corrected chi connectivity index (χ2v) is 11.6. The fourth-order valence-corrected chi connectivity index (χ4v) is 5.79. The van der Waals surface area contributed by atoms with Crippen molar-refractivity contribution in [1.29, 1.82) is 0 Å². The molecule has 1 heterocycles. The maximum atomic E-state index is 2.41. The second kappa shape index (κ2) is 11.0. The highest BCUT2D eigenvalue weighted by Gasteiger charge is 2.30. The van der Waals surface area contributed by atoms with Gasteiger partial charge in [-0.25, -0.2) is 0 Å². The average molecular weight is 393 g/mol. The van der Waals surface area contributed by atoms with E-state index in [1.165, 1.54) is 64.2 Å². The summed E-state index contributed by atoms with van der Waals surface area (Å²) in [6, 6.07) is 0. The minimum absolute atomic E-state index is 0.256. The van der Waals surface area contributed by atoms with E-state index in [1.54, 1.807) is 20.9 Å². The van der Waals surface area contributed by atoms with Crippen molar-refractivity contribution in [2.75, 3.05) is 0 Å². The summed E-state index contributed by atoms with van der Waals surface area (Å²) in [5, 5.41) is 0. The molecule has 0 amide bonds. The molecule has 0 radical (unpaired) electrons. The summed E-state index contributed by atoms with van der Waals surface area (Å²) < 4.78 is 0. The van der Waals surface area contributed by atoms with Gasteiger partial charge >= 0.3 is 0 Å². The summed E-state index contributed by atoms with van der Waals surface area (Å²) in [7, 11) is 0. The Bertz CT molecular complexity index is 536. The van der Waals surface area contributed by atoms with Crippen LogP contribution in [0.4, 0.5) is 0 Å². The van der Waals surface area contributed by atoms with Crippen molar-refractivity contribution in [1.82, 2.24) is 0 Å². The first-order valence-corrected chi connectivity index (χ1v) is 12.5. The molecule has 1 unspecified atom stereocenters. The largest absolute Gasteiger partial charge is 0.144 e. The summed E-state index contributed by atoms with van der Waals surface area (Å²) in [6.45, 7) is 21.5. The molecule has 1 heteroatoms. The molecule has 0 nitrogen and oxygen atoms in total. The Morgan fingerprint density at radius 3 is 1.70 bits per heavy atom. The quantitative estimate of drug-likeness (QED) is 0.329. The number of thiophene rings is 1. The van der Waals surface area contributed by atoms with E-state index in [0.29, 0.717) is 0 Å². The molecular formula is C26H48S. The number of rotatable bonds is 11. The van der Waals surface area contributed by atoms with Gasteiger partial charge < -0.3 is 0 Å². The lowest BCUT2D eigenvalue weighted by Crippen LogP contribution is -2.15. The summed E-state index contributed by atoms with van der Waals surface area (Å²) >= 11 is 2.11. The zero-order chi connectivity index (χ0) is 20.7. The van der Waals surface area contributed by atoms with Gasteiger partial charge in [0.05, 0.1) is 0 Å². The lowest BCUT2D eigenvalue weighted by atomic mass is 9.81. The molecule has 0 aromatic carbocycles. The van der Waals surface area contributed by atoms with Crippen molar-refractivity contribution in [3.63, 3.8) is 0 Å². The van der Waals surface area contributed by atoms with Crippen LogP contribution in [0.1, 0.15) is 135 Å². The van der Waals surface area contributed by atoms with Gasteiger partial charge in [-0.2, -0.15) is 0 Å². The molecule has 1 aromatic rings. The number of hydrogen-bond acceptors (Lipinski definition) is 1. The van der Waals surface area contributed by atoms with Crippen molar-refractivity contribution in [2.24, 2.45) is 5.92 Å². The molecule has 0 spiro atoms. The van der Waals surface area contributed by atoms with E-state index in [-0.39, 0.29) is 10.8 Å². The Kier molecular flexibility index (Phi) is 10.1.